The van der Waals surface area contributed by atoms with Crippen LogP contribution in [0.4, 0.5) is 0 Å². The Morgan fingerprint density at radius 3 is 3.06 bits per heavy atom. The van der Waals surface area contributed by atoms with Gasteiger partial charge in [-0.3, -0.25) is 4.90 Å². The van der Waals surface area contributed by atoms with E-state index in [9.17, 15) is 4.79 Å². The van der Waals surface area contributed by atoms with Crippen LogP contribution in [0.1, 0.15) is 22.5 Å². The minimum atomic E-state index is -1.03. The van der Waals surface area contributed by atoms with Crippen molar-refractivity contribution in [3.05, 3.63) is 23.7 Å². The van der Waals surface area contributed by atoms with Crippen LogP contribution in [0, 0.1) is 5.92 Å². The third-order valence-corrected chi connectivity index (χ3v) is 2.96. The van der Waals surface area contributed by atoms with Crippen LogP contribution in [0.5, 0.6) is 0 Å². The maximum Gasteiger partial charge on any atom is 0.372 e. The molecule has 2 N–H and O–H groups in total. The molecule has 1 atom stereocenters. The van der Waals surface area contributed by atoms with Crippen LogP contribution >= 0.6 is 0 Å². The lowest BCUT2D eigenvalue weighted by Crippen LogP contribution is -2.21. The van der Waals surface area contributed by atoms with Gasteiger partial charge in [0.2, 0.25) is 5.76 Å². The molecule has 1 aromatic heterocycles. The molecule has 0 aliphatic carbocycles. The minimum Gasteiger partial charge on any atom is -0.475 e. The van der Waals surface area contributed by atoms with Crippen LogP contribution in [0.25, 0.3) is 0 Å². The average molecular weight is 225 g/mol. The molecule has 88 valence electrons. The first-order valence-electron chi connectivity index (χ1n) is 5.33. The van der Waals surface area contributed by atoms with Crippen LogP contribution in [-0.4, -0.2) is 40.8 Å². The highest BCUT2D eigenvalue weighted by Gasteiger charge is 2.24. The molecule has 0 spiro atoms. The second kappa shape index (κ2) is 4.67. The maximum atomic E-state index is 10.8. The summed E-state index contributed by atoms with van der Waals surface area (Å²) in [5.74, 6) is -0.689. The second-order valence-corrected chi connectivity index (χ2v) is 4.15. The van der Waals surface area contributed by atoms with Gasteiger partial charge < -0.3 is 14.6 Å². The van der Waals surface area contributed by atoms with E-state index < -0.39 is 5.97 Å². The smallest absolute Gasteiger partial charge is 0.372 e. The molecule has 1 unspecified atom stereocenters. The Balaban J connectivity index is 1.99. The van der Waals surface area contributed by atoms with E-state index in [-0.39, 0.29) is 12.4 Å². The van der Waals surface area contributed by atoms with Crippen molar-refractivity contribution in [2.45, 2.75) is 13.0 Å². The van der Waals surface area contributed by atoms with E-state index in [1.165, 1.54) is 6.26 Å². The molecular formula is C11H15NO4. The molecule has 0 aromatic carbocycles. The quantitative estimate of drug-likeness (QED) is 0.792. The Kier molecular flexibility index (Phi) is 3.26. The number of rotatable bonds is 4. The van der Waals surface area contributed by atoms with Gasteiger partial charge in [0, 0.05) is 25.3 Å². The Morgan fingerprint density at radius 2 is 2.44 bits per heavy atom. The fourth-order valence-electron chi connectivity index (χ4n) is 2.09. The SMILES string of the molecule is O=C(O)c1occc1CN1CCC(CO)C1. The van der Waals surface area contributed by atoms with E-state index in [0.717, 1.165) is 19.5 Å². The molecule has 5 nitrogen and oxygen atoms in total. The Morgan fingerprint density at radius 1 is 1.62 bits per heavy atom. The van der Waals surface area contributed by atoms with E-state index in [0.29, 0.717) is 18.0 Å². The number of aliphatic hydroxyl groups is 1. The summed E-state index contributed by atoms with van der Waals surface area (Å²) in [6, 6.07) is 1.69. The number of nitrogens with zero attached hydrogens (tertiary/aromatic N) is 1. The van der Waals surface area contributed by atoms with E-state index in [2.05, 4.69) is 4.90 Å². The number of carbonyl (C=O) groups is 1. The van der Waals surface area contributed by atoms with Gasteiger partial charge in [-0.05, 0) is 24.9 Å². The molecule has 1 saturated heterocycles. The maximum absolute atomic E-state index is 10.8. The zero-order valence-electron chi connectivity index (χ0n) is 8.93. The average Bonchev–Trinajstić information content (AvgIpc) is 2.87. The van der Waals surface area contributed by atoms with Crippen LogP contribution in [-0.2, 0) is 6.54 Å². The molecular weight excluding hydrogens is 210 g/mol. The number of carboxylic acids is 1. The van der Waals surface area contributed by atoms with E-state index in [1.807, 2.05) is 0 Å². The third kappa shape index (κ3) is 2.25. The van der Waals surface area contributed by atoms with Gasteiger partial charge in [-0.2, -0.15) is 0 Å². The van der Waals surface area contributed by atoms with Crippen molar-refractivity contribution < 1.29 is 19.4 Å². The fourth-order valence-corrected chi connectivity index (χ4v) is 2.09. The van der Waals surface area contributed by atoms with Crippen molar-refractivity contribution in [1.29, 1.82) is 0 Å². The van der Waals surface area contributed by atoms with Crippen LogP contribution < -0.4 is 0 Å². The Labute approximate surface area is 93.3 Å². The predicted molar refractivity (Wildman–Crippen MR) is 56.1 cm³/mol. The summed E-state index contributed by atoms with van der Waals surface area (Å²) in [5.41, 5.74) is 0.700. The van der Waals surface area contributed by atoms with Crippen molar-refractivity contribution in [2.75, 3.05) is 19.7 Å². The lowest BCUT2D eigenvalue weighted by molar-refractivity contribution is 0.0659. The highest BCUT2D eigenvalue weighted by Crippen LogP contribution is 2.20. The van der Waals surface area contributed by atoms with Crippen molar-refractivity contribution in [3.8, 4) is 0 Å². The normalized spacial score (nSPS) is 21.4. The molecule has 0 bridgehead atoms. The van der Waals surface area contributed by atoms with Crippen LogP contribution in [0.15, 0.2) is 16.7 Å². The molecule has 2 rings (SSSR count). The zero-order valence-corrected chi connectivity index (χ0v) is 8.93. The molecule has 0 amide bonds. The summed E-state index contributed by atoms with van der Waals surface area (Å²) in [6.07, 6.45) is 2.37. The Bertz CT molecular complexity index is 374. The topological polar surface area (TPSA) is 73.9 Å². The summed E-state index contributed by atoms with van der Waals surface area (Å²) in [7, 11) is 0. The first-order valence-corrected chi connectivity index (χ1v) is 5.33. The number of aromatic carboxylic acids is 1. The molecule has 1 fully saturated rings. The number of hydrogen-bond acceptors (Lipinski definition) is 4. The predicted octanol–water partition coefficient (Wildman–Crippen LogP) is 0.792. The van der Waals surface area contributed by atoms with Gasteiger partial charge >= 0.3 is 5.97 Å². The highest BCUT2D eigenvalue weighted by molar-refractivity contribution is 5.86. The van der Waals surface area contributed by atoms with Gasteiger partial charge in [-0.25, -0.2) is 4.79 Å². The molecule has 16 heavy (non-hydrogen) atoms. The molecule has 1 aliphatic rings. The lowest BCUT2D eigenvalue weighted by atomic mass is 10.1. The van der Waals surface area contributed by atoms with Crippen molar-refractivity contribution in [2.24, 2.45) is 5.92 Å². The number of hydrogen-bond donors (Lipinski definition) is 2. The number of aliphatic hydroxyl groups excluding tert-OH is 1. The summed E-state index contributed by atoms with van der Waals surface area (Å²) < 4.78 is 4.91. The monoisotopic (exact) mass is 225 g/mol. The number of carboxylic acid groups (broad SMARTS) is 1. The van der Waals surface area contributed by atoms with Gasteiger partial charge in [0.1, 0.15) is 0 Å². The van der Waals surface area contributed by atoms with Gasteiger partial charge in [0.15, 0.2) is 0 Å². The number of furan rings is 1. The Hall–Kier alpha value is -1.33. The van der Waals surface area contributed by atoms with Crippen LogP contribution in [0.3, 0.4) is 0 Å². The van der Waals surface area contributed by atoms with Crippen molar-refractivity contribution in [3.63, 3.8) is 0 Å². The third-order valence-electron chi connectivity index (χ3n) is 2.96. The van der Waals surface area contributed by atoms with Gasteiger partial charge in [-0.15, -0.1) is 0 Å². The van der Waals surface area contributed by atoms with Crippen molar-refractivity contribution >= 4 is 5.97 Å². The van der Waals surface area contributed by atoms with E-state index >= 15 is 0 Å². The highest BCUT2D eigenvalue weighted by atomic mass is 16.4. The summed E-state index contributed by atoms with van der Waals surface area (Å²) in [4.78, 5) is 13.0. The van der Waals surface area contributed by atoms with Crippen molar-refractivity contribution in [1.82, 2.24) is 4.90 Å². The van der Waals surface area contributed by atoms with E-state index in [1.54, 1.807) is 6.07 Å². The molecule has 1 aliphatic heterocycles. The van der Waals surface area contributed by atoms with E-state index in [4.69, 9.17) is 14.6 Å². The van der Waals surface area contributed by atoms with Gasteiger partial charge in [-0.1, -0.05) is 0 Å². The van der Waals surface area contributed by atoms with Gasteiger partial charge in [0.25, 0.3) is 0 Å². The standard InChI is InChI=1S/C11H15NO4/c13-7-8-1-3-12(5-8)6-9-2-4-16-10(9)11(14)15/h2,4,8,13H,1,3,5-7H2,(H,14,15). The van der Waals surface area contributed by atoms with Crippen LogP contribution in [0.2, 0.25) is 0 Å². The zero-order chi connectivity index (χ0) is 11.5. The molecule has 5 heteroatoms. The molecule has 0 radical (unpaired) electrons. The first kappa shape index (κ1) is 11.2. The molecule has 0 saturated carbocycles. The fraction of sp³-hybridized carbons (Fsp3) is 0.545. The molecule has 2 heterocycles. The minimum absolute atomic E-state index is 0.0208. The molecule has 1 aromatic rings. The lowest BCUT2D eigenvalue weighted by Gasteiger charge is -2.14. The summed E-state index contributed by atoms with van der Waals surface area (Å²) in [5, 5.41) is 17.9. The summed E-state index contributed by atoms with van der Waals surface area (Å²) in [6.45, 7) is 2.50. The largest absolute Gasteiger partial charge is 0.475 e. The summed E-state index contributed by atoms with van der Waals surface area (Å²) >= 11 is 0. The second-order valence-electron chi connectivity index (χ2n) is 4.15. The first-order chi connectivity index (χ1) is 7.70. The number of likely N-dealkylation sites (tertiary alicyclic amines) is 1. The van der Waals surface area contributed by atoms with Gasteiger partial charge in [0.05, 0.1) is 6.26 Å².